The molecule has 0 fully saturated rings. The summed E-state index contributed by atoms with van der Waals surface area (Å²) < 4.78 is 33.5. The van der Waals surface area contributed by atoms with Crippen LogP contribution in [0.4, 0.5) is 14.5 Å². The molecule has 0 saturated carbocycles. The fourth-order valence-electron chi connectivity index (χ4n) is 4.07. The first-order chi connectivity index (χ1) is 15.8. The summed E-state index contributed by atoms with van der Waals surface area (Å²) in [5, 5.41) is 19.1. The van der Waals surface area contributed by atoms with Crippen LogP contribution in [0.15, 0.2) is 36.4 Å². The van der Waals surface area contributed by atoms with E-state index in [2.05, 4.69) is 23.2 Å². The quantitative estimate of drug-likeness (QED) is 0.603. The number of carboxylic acids is 2. The minimum absolute atomic E-state index is 0.345. The summed E-state index contributed by atoms with van der Waals surface area (Å²) in [7, 11) is 0. The largest absolute Gasteiger partial charge is 0.490 e. The molecule has 2 aliphatic heterocycles. The standard InChI is InChI=1S/C20H22F2N2O.C4H4O4/c1-13-17-5-7-23-6-4-14(17)11-19-20(13)24(8-9-25-19)12-15-10-16(21)2-3-18(15)22;5-3(6)1-2-4(7)8/h2-3,10-11,23H,4-9,12H2,1H3;1-2H,(H,5,6)(H,7,8)/b;2-1+. The van der Waals surface area contributed by atoms with Gasteiger partial charge in [-0.15, -0.1) is 0 Å². The number of nitrogens with zero attached hydrogens (tertiary/aromatic N) is 1. The van der Waals surface area contributed by atoms with Crippen LogP contribution in [0.5, 0.6) is 5.75 Å². The average Bonchev–Trinajstić information content (AvgIpc) is 3.01. The van der Waals surface area contributed by atoms with E-state index in [0.29, 0.717) is 37.4 Å². The Morgan fingerprint density at radius 1 is 1.12 bits per heavy atom. The number of carboxylic acid groups (broad SMARTS) is 2. The minimum Gasteiger partial charge on any atom is -0.490 e. The topological polar surface area (TPSA) is 99.1 Å². The van der Waals surface area contributed by atoms with Crippen LogP contribution in [0.25, 0.3) is 0 Å². The number of halogens is 2. The van der Waals surface area contributed by atoms with Gasteiger partial charge in [-0.2, -0.15) is 0 Å². The van der Waals surface area contributed by atoms with Gasteiger partial charge in [0.25, 0.3) is 0 Å². The first kappa shape index (κ1) is 24.2. The normalized spacial score (nSPS) is 14.9. The molecule has 0 aliphatic carbocycles. The number of aliphatic carboxylic acids is 2. The zero-order valence-electron chi connectivity index (χ0n) is 18.2. The molecule has 176 valence electrons. The predicted molar refractivity (Wildman–Crippen MR) is 119 cm³/mol. The molecule has 4 rings (SSSR count). The molecule has 0 unspecified atom stereocenters. The molecule has 0 bridgehead atoms. The molecular formula is C24H26F2N2O5. The van der Waals surface area contributed by atoms with Crippen molar-refractivity contribution < 1.29 is 33.3 Å². The summed E-state index contributed by atoms with van der Waals surface area (Å²) >= 11 is 0. The van der Waals surface area contributed by atoms with Crippen LogP contribution in [0.3, 0.4) is 0 Å². The van der Waals surface area contributed by atoms with Gasteiger partial charge in [0.1, 0.15) is 24.0 Å². The third-order valence-electron chi connectivity index (χ3n) is 5.53. The van der Waals surface area contributed by atoms with Crippen molar-refractivity contribution in [3.8, 4) is 5.75 Å². The fraction of sp³-hybridized carbons (Fsp3) is 0.333. The number of benzene rings is 2. The van der Waals surface area contributed by atoms with Crippen LogP contribution in [0, 0.1) is 18.6 Å². The number of carbonyl (C=O) groups is 2. The van der Waals surface area contributed by atoms with E-state index in [9.17, 15) is 18.4 Å². The second-order valence-corrected chi connectivity index (χ2v) is 7.75. The molecule has 2 aromatic carbocycles. The molecular weight excluding hydrogens is 434 g/mol. The highest BCUT2D eigenvalue weighted by molar-refractivity contribution is 5.89. The summed E-state index contributed by atoms with van der Waals surface area (Å²) in [4.78, 5) is 21.2. The minimum atomic E-state index is -1.26. The van der Waals surface area contributed by atoms with Gasteiger partial charge in [0.05, 0.1) is 12.2 Å². The summed E-state index contributed by atoms with van der Waals surface area (Å²) in [5.74, 6) is -2.43. The highest BCUT2D eigenvalue weighted by Gasteiger charge is 2.25. The molecule has 0 spiro atoms. The van der Waals surface area contributed by atoms with Crippen molar-refractivity contribution in [2.45, 2.75) is 26.3 Å². The van der Waals surface area contributed by atoms with Crippen LogP contribution in [0.2, 0.25) is 0 Å². The predicted octanol–water partition coefficient (Wildman–Crippen LogP) is 3.07. The lowest BCUT2D eigenvalue weighted by atomic mass is 9.94. The van der Waals surface area contributed by atoms with Gasteiger partial charge >= 0.3 is 11.9 Å². The van der Waals surface area contributed by atoms with Crippen LogP contribution in [-0.4, -0.2) is 48.4 Å². The van der Waals surface area contributed by atoms with E-state index in [4.69, 9.17) is 14.9 Å². The Hall–Kier alpha value is -3.46. The van der Waals surface area contributed by atoms with Crippen molar-refractivity contribution in [1.29, 1.82) is 0 Å². The number of fused-ring (bicyclic) bond motifs is 2. The van der Waals surface area contributed by atoms with Gasteiger partial charge in [0.2, 0.25) is 0 Å². The van der Waals surface area contributed by atoms with E-state index in [1.165, 1.54) is 28.8 Å². The maximum atomic E-state index is 14.1. The van der Waals surface area contributed by atoms with E-state index in [0.717, 1.165) is 43.4 Å². The van der Waals surface area contributed by atoms with Crippen molar-refractivity contribution in [2.24, 2.45) is 0 Å². The van der Waals surface area contributed by atoms with Crippen molar-refractivity contribution >= 4 is 17.6 Å². The van der Waals surface area contributed by atoms with Crippen LogP contribution < -0.4 is 15.0 Å². The molecule has 0 saturated heterocycles. The molecule has 7 nitrogen and oxygen atoms in total. The second-order valence-electron chi connectivity index (χ2n) is 7.75. The van der Waals surface area contributed by atoms with Gasteiger partial charge in [-0.05, 0) is 73.8 Å². The lowest BCUT2D eigenvalue weighted by Crippen LogP contribution is -2.33. The first-order valence-corrected chi connectivity index (χ1v) is 10.6. The monoisotopic (exact) mass is 460 g/mol. The molecule has 9 heteroatoms. The first-order valence-electron chi connectivity index (χ1n) is 10.6. The number of anilines is 1. The maximum Gasteiger partial charge on any atom is 0.328 e. The summed E-state index contributed by atoms with van der Waals surface area (Å²) in [6.45, 7) is 5.63. The Morgan fingerprint density at radius 2 is 1.82 bits per heavy atom. The van der Waals surface area contributed by atoms with Crippen LogP contribution in [0.1, 0.15) is 22.3 Å². The van der Waals surface area contributed by atoms with Crippen molar-refractivity contribution in [1.82, 2.24) is 5.32 Å². The maximum absolute atomic E-state index is 14.1. The number of ether oxygens (including phenoxy) is 1. The van der Waals surface area contributed by atoms with Gasteiger partial charge in [0, 0.05) is 24.3 Å². The highest BCUT2D eigenvalue weighted by atomic mass is 19.1. The zero-order valence-corrected chi connectivity index (χ0v) is 18.2. The van der Waals surface area contributed by atoms with Crippen molar-refractivity contribution in [2.75, 3.05) is 31.1 Å². The second kappa shape index (κ2) is 10.9. The highest BCUT2D eigenvalue weighted by Crippen LogP contribution is 2.40. The molecule has 0 atom stereocenters. The molecule has 2 heterocycles. The molecule has 0 radical (unpaired) electrons. The Labute approximate surface area is 190 Å². The van der Waals surface area contributed by atoms with E-state index >= 15 is 0 Å². The van der Waals surface area contributed by atoms with Gasteiger partial charge < -0.3 is 25.2 Å². The van der Waals surface area contributed by atoms with E-state index < -0.39 is 17.8 Å². The fourth-order valence-corrected chi connectivity index (χ4v) is 4.07. The third kappa shape index (κ3) is 6.29. The van der Waals surface area contributed by atoms with Crippen molar-refractivity contribution in [3.05, 3.63) is 70.3 Å². The number of hydrogen-bond acceptors (Lipinski definition) is 5. The van der Waals surface area contributed by atoms with Gasteiger partial charge in [-0.25, -0.2) is 18.4 Å². The molecule has 0 aromatic heterocycles. The zero-order chi connectivity index (χ0) is 24.0. The van der Waals surface area contributed by atoms with Gasteiger partial charge in [0.15, 0.2) is 0 Å². The van der Waals surface area contributed by atoms with E-state index in [-0.39, 0.29) is 5.82 Å². The van der Waals surface area contributed by atoms with Crippen molar-refractivity contribution in [3.63, 3.8) is 0 Å². The Balaban J connectivity index is 0.000000331. The van der Waals surface area contributed by atoms with Gasteiger partial charge in [-0.1, -0.05) is 0 Å². The lowest BCUT2D eigenvalue weighted by Gasteiger charge is -2.34. The lowest BCUT2D eigenvalue weighted by molar-refractivity contribution is -0.134. The molecule has 0 amide bonds. The third-order valence-corrected chi connectivity index (χ3v) is 5.53. The Bertz CT molecular complexity index is 1060. The molecule has 2 aliphatic rings. The summed E-state index contributed by atoms with van der Waals surface area (Å²) in [5.41, 5.74) is 5.30. The van der Waals surface area contributed by atoms with Gasteiger partial charge in [-0.3, -0.25) is 0 Å². The van der Waals surface area contributed by atoms with Crippen LogP contribution in [-0.2, 0) is 29.0 Å². The number of rotatable bonds is 4. The Morgan fingerprint density at radius 3 is 2.52 bits per heavy atom. The molecule has 33 heavy (non-hydrogen) atoms. The SMILES string of the molecule is Cc1c2c(cc3c1N(Cc1cc(F)ccc1F)CCO3)CCNCC2.O=C(O)/C=C/C(=O)O. The Kier molecular flexibility index (Phi) is 8.00. The summed E-state index contributed by atoms with van der Waals surface area (Å²) in [6.07, 6.45) is 3.09. The average molecular weight is 460 g/mol. The summed E-state index contributed by atoms with van der Waals surface area (Å²) in [6, 6.07) is 5.78. The van der Waals surface area contributed by atoms with E-state index in [1.54, 1.807) is 0 Å². The van der Waals surface area contributed by atoms with E-state index in [1.807, 2.05) is 0 Å². The number of nitrogens with one attached hydrogen (secondary N) is 1. The van der Waals surface area contributed by atoms with Crippen LogP contribution >= 0.6 is 0 Å². The smallest absolute Gasteiger partial charge is 0.328 e. The number of hydrogen-bond donors (Lipinski definition) is 3. The molecule has 2 aromatic rings. The molecule has 3 N–H and O–H groups in total.